The zero-order valence-corrected chi connectivity index (χ0v) is 25.6. The fourth-order valence-electron chi connectivity index (χ4n) is 5.01. The van der Waals surface area contributed by atoms with Gasteiger partial charge in [-0.1, -0.05) is 42.6 Å². The van der Waals surface area contributed by atoms with Crippen LogP contribution >= 0.6 is 23.5 Å². The fraction of sp³-hybridized carbons (Fsp3) is 0.367. The number of halogens is 1. The maximum atomic E-state index is 13.4. The number of anilines is 2. The summed E-state index contributed by atoms with van der Waals surface area (Å²) in [5.41, 5.74) is 3.22. The van der Waals surface area contributed by atoms with E-state index in [0.29, 0.717) is 28.5 Å². The van der Waals surface area contributed by atoms with Crippen molar-refractivity contribution in [2.24, 2.45) is 13.0 Å². The molecule has 5 rings (SSSR count). The van der Waals surface area contributed by atoms with E-state index >= 15 is 0 Å². The molecule has 0 radical (unpaired) electrons. The van der Waals surface area contributed by atoms with E-state index in [9.17, 15) is 9.59 Å². The van der Waals surface area contributed by atoms with Gasteiger partial charge < -0.3 is 10.2 Å². The minimum atomic E-state index is -0.336. The number of rotatable bonds is 6. The first-order valence-electron chi connectivity index (χ1n) is 13.6. The summed E-state index contributed by atoms with van der Waals surface area (Å²) in [7, 11) is 1.79. The van der Waals surface area contributed by atoms with E-state index in [2.05, 4.69) is 31.8 Å². The van der Waals surface area contributed by atoms with Gasteiger partial charge in [0.25, 0.3) is 11.5 Å². The van der Waals surface area contributed by atoms with Gasteiger partial charge in [-0.15, -0.1) is 0 Å². The van der Waals surface area contributed by atoms with Gasteiger partial charge >= 0.3 is 0 Å². The summed E-state index contributed by atoms with van der Waals surface area (Å²) in [5.74, 6) is 0.912. The molecule has 4 aromatic rings. The molecule has 3 aromatic heterocycles. The molecule has 2 N–H and O–H groups in total. The number of aromatic nitrogens is 4. The summed E-state index contributed by atoms with van der Waals surface area (Å²) in [6.45, 7) is 7.95. The second kappa shape index (κ2) is 13.8. The van der Waals surface area contributed by atoms with Gasteiger partial charge in [0.2, 0.25) is 5.95 Å². The molecule has 0 saturated carbocycles. The number of amides is 1. The number of pyridine rings is 2. The second-order valence-electron chi connectivity index (χ2n) is 10.3. The summed E-state index contributed by atoms with van der Waals surface area (Å²) in [6, 6.07) is 12.8. The Bertz CT molecular complexity index is 1540. The van der Waals surface area contributed by atoms with E-state index in [1.807, 2.05) is 44.2 Å². The highest BCUT2D eigenvalue weighted by Gasteiger charge is 2.24. The molecule has 1 aromatic carbocycles. The van der Waals surface area contributed by atoms with Gasteiger partial charge in [-0.25, -0.2) is 9.97 Å². The second-order valence-corrected chi connectivity index (χ2v) is 11.3. The van der Waals surface area contributed by atoms with Gasteiger partial charge in [0.15, 0.2) is 5.69 Å². The molecule has 0 spiro atoms. The number of hydrogen-bond donors (Lipinski definition) is 2. The van der Waals surface area contributed by atoms with E-state index in [4.69, 9.17) is 16.6 Å². The Labute approximate surface area is 249 Å². The number of fused-ring (bicyclic) bond motifs is 1. The lowest BCUT2D eigenvalue weighted by molar-refractivity contribution is 0.0980. The monoisotopic (exact) mass is 593 g/mol. The molecular weight excluding hydrogens is 558 g/mol. The molecule has 4 heterocycles. The highest BCUT2D eigenvalue weighted by atomic mass is 35.5. The predicted molar refractivity (Wildman–Crippen MR) is 169 cm³/mol. The number of carbonyl (C=O) groups is 1. The lowest BCUT2D eigenvalue weighted by atomic mass is 10.00. The van der Waals surface area contributed by atoms with Crippen LogP contribution in [0.15, 0.2) is 59.7 Å². The normalized spacial score (nSPS) is 15.6. The zero-order chi connectivity index (χ0) is 29.5. The molecular formula is C30H36ClN7O2S. The van der Waals surface area contributed by atoms with Crippen molar-refractivity contribution in [3.63, 3.8) is 0 Å². The molecule has 1 aliphatic rings. The number of aryl methyl sites for hydroxylation is 1. The SMILES string of the molecule is CSNC(=O)c1nc(Cl)ccc1NC(C)c1cc(C)cc2c(=O)n(C)c(N3CCCC(C)C3)nc12.c1ccncc1. The Morgan fingerprint density at radius 3 is 2.56 bits per heavy atom. The molecule has 9 nitrogen and oxygen atoms in total. The molecule has 1 aliphatic heterocycles. The van der Waals surface area contributed by atoms with Crippen LogP contribution in [0.5, 0.6) is 0 Å². The Kier molecular flexibility index (Phi) is 10.2. The standard InChI is InChI=1S/C25H31ClN6O2S.C5H5N/c1-14-7-6-10-32(13-14)25-29-21-17(11-15(2)12-18(21)24(34)31(25)4)16(3)27-19-8-9-20(26)28-22(19)23(33)30-35-5;1-2-4-6-5-3-1/h8-9,11-12,14,16,27H,6-7,10,13H2,1-5H3,(H,30,33);1-5H. The average molecular weight is 594 g/mol. The van der Waals surface area contributed by atoms with Gasteiger partial charge in [0.1, 0.15) is 5.15 Å². The third-order valence-electron chi connectivity index (χ3n) is 6.95. The van der Waals surface area contributed by atoms with Gasteiger partial charge in [-0.3, -0.25) is 23.9 Å². The van der Waals surface area contributed by atoms with E-state index in [1.54, 1.807) is 42.4 Å². The van der Waals surface area contributed by atoms with Crippen LogP contribution in [0.3, 0.4) is 0 Å². The van der Waals surface area contributed by atoms with Crippen LogP contribution < -0.4 is 20.5 Å². The number of piperidine rings is 1. The van der Waals surface area contributed by atoms with Crippen molar-refractivity contribution in [1.29, 1.82) is 0 Å². The molecule has 11 heteroatoms. The molecule has 1 fully saturated rings. The van der Waals surface area contributed by atoms with Gasteiger partial charge in [0, 0.05) is 44.4 Å². The van der Waals surface area contributed by atoms with Crippen LogP contribution in [0.4, 0.5) is 11.6 Å². The van der Waals surface area contributed by atoms with Crippen molar-refractivity contribution in [2.45, 2.75) is 39.7 Å². The summed E-state index contributed by atoms with van der Waals surface area (Å²) in [5, 5.41) is 4.22. The Balaban J connectivity index is 0.000000572. The van der Waals surface area contributed by atoms with Crippen LogP contribution in [0.2, 0.25) is 5.15 Å². The van der Waals surface area contributed by atoms with Crippen molar-refractivity contribution in [2.75, 3.05) is 29.6 Å². The molecule has 1 saturated heterocycles. The molecule has 1 amide bonds. The minimum absolute atomic E-state index is 0.0615. The maximum Gasteiger partial charge on any atom is 0.281 e. The number of benzene rings is 1. The highest BCUT2D eigenvalue weighted by molar-refractivity contribution is 7.97. The molecule has 216 valence electrons. The average Bonchev–Trinajstić information content (AvgIpc) is 2.97. The topological polar surface area (TPSA) is 105 Å². The predicted octanol–water partition coefficient (Wildman–Crippen LogP) is 5.79. The van der Waals surface area contributed by atoms with Crippen LogP contribution in [-0.4, -0.2) is 44.8 Å². The van der Waals surface area contributed by atoms with Crippen LogP contribution in [0.1, 0.15) is 54.3 Å². The number of carbonyl (C=O) groups excluding carboxylic acids is 1. The lowest BCUT2D eigenvalue weighted by Crippen LogP contribution is -2.38. The Morgan fingerprint density at radius 2 is 1.93 bits per heavy atom. The molecule has 0 bridgehead atoms. The first kappa shape index (κ1) is 30.3. The van der Waals surface area contributed by atoms with E-state index in [-0.39, 0.29) is 28.4 Å². The van der Waals surface area contributed by atoms with Crippen LogP contribution in [0.25, 0.3) is 10.9 Å². The number of nitrogens with zero attached hydrogens (tertiary/aromatic N) is 5. The third kappa shape index (κ3) is 7.37. The largest absolute Gasteiger partial charge is 0.377 e. The van der Waals surface area contributed by atoms with Crippen molar-refractivity contribution >= 4 is 52.0 Å². The van der Waals surface area contributed by atoms with Gasteiger partial charge in [-0.2, -0.15) is 0 Å². The van der Waals surface area contributed by atoms with Gasteiger partial charge in [-0.05, 0) is 68.5 Å². The van der Waals surface area contributed by atoms with E-state index in [0.717, 1.165) is 30.6 Å². The maximum absolute atomic E-state index is 13.4. The summed E-state index contributed by atoms with van der Waals surface area (Å²) < 4.78 is 4.36. The fourth-order valence-corrected chi connectivity index (χ4v) is 5.44. The third-order valence-corrected chi connectivity index (χ3v) is 7.55. The Hall–Kier alpha value is -3.63. The molecule has 41 heavy (non-hydrogen) atoms. The quantitative estimate of drug-likeness (QED) is 0.214. The lowest BCUT2D eigenvalue weighted by Gasteiger charge is -2.33. The number of nitrogens with one attached hydrogen (secondary N) is 2. The smallest absolute Gasteiger partial charge is 0.281 e. The van der Waals surface area contributed by atoms with Gasteiger partial charge in [0.05, 0.1) is 22.6 Å². The molecule has 2 unspecified atom stereocenters. The number of hydrogen-bond acceptors (Lipinski definition) is 8. The van der Waals surface area contributed by atoms with Crippen molar-refractivity contribution in [3.8, 4) is 0 Å². The van der Waals surface area contributed by atoms with E-state index < -0.39 is 0 Å². The summed E-state index contributed by atoms with van der Waals surface area (Å²) >= 11 is 7.26. The zero-order valence-electron chi connectivity index (χ0n) is 24.0. The minimum Gasteiger partial charge on any atom is -0.377 e. The van der Waals surface area contributed by atoms with Crippen LogP contribution in [0, 0.1) is 12.8 Å². The first-order valence-corrected chi connectivity index (χ1v) is 15.2. The van der Waals surface area contributed by atoms with E-state index in [1.165, 1.54) is 18.4 Å². The molecule has 0 aliphatic carbocycles. The highest BCUT2D eigenvalue weighted by Crippen LogP contribution is 2.30. The van der Waals surface area contributed by atoms with Crippen molar-refractivity contribution in [1.82, 2.24) is 24.2 Å². The van der Waals surface area contributed by atoms with Crippen molar-refractivity contribution in [3.05, 3.63) is 87.2 Å². The molecule has 2 atom stereocenters. The van der Waals surface area contributed by atoms with Crippen LogP contribution in [-0.2, 0) is 7.05 Å². The van der Waals surface area contributed by atoms with Crippen molar-refractivity contribution < 1.29 is 4.79 Å². The Morgan fingerprint density at radius 1 is 1.17 bits per heavy atom. The summed E-state index contributed by atoms with van der Waals surface area (Å²) in [4.78, 5) is 41.2. The first-order chi connectivity index (χ1) is 19.7. The summed E-state index contributed by atoms with van der Waals surface area (Å²) in [6.07, 6.45) is 7.53.